The molecule has 0 bridgehead atoms. The van der Waals surface area contributed by atoms with E-state index in [0.717, 1.165) is 6.67 Å². The zero-order chi connectivity index (χ0) is 16.4. The molecule has 0 radical (unpaired) electrons. The molecule has 1 heterocycles. The molecule has 0 spiro atoms. The van der Waals surface area contributed by atoms with E-state index in [1.165, 1.54) is 11.4 Å². The fourth-order valence-corrected chi connectivity index (χ4v) is 2.36. The average Bonchev–Trinajstić information content (AvgIpc) is 2.66. The van der Waals surface area contributed by atoms with Crippen LogP contribution in [0.5, 0.6) is 0 Å². The minimum Gasteiger partial charge on any atom is -0.450 e. The molecule has 118 valence electrons. The van der Waals surface area contributed by atoms with Crippen LogP contribution in [0.2, 0.25) is 0 Å². The lowest BCUT2D eigenvalue weighted by Crippen LogP contribution is -2.48. The fourth-order valence-electron chi connectivity index (χ4n) is 2.36. The molecule has 21 heavy (non-hydrogen) atoms. The predicted octanol–water partition coefficient (Wildman–Crippen LogP) is 4.09. The Morgan fingerprint density at radius 2 is 1.19 bits per heavy atom. The van der Waals surface area contributed by atoms with Gasteiger partial charge in [-0.1, -0.05) is 12.1 Å². The normalized spacial score (nSPS) is 14.4. The third-order valence-corrected chi connectivity index (χ3v) is 3.37. The number of hydrogen-bond acceptors (Lipinski definition) is 3. The number of carbonyl (C=O) groups is 1. The second-order valence-electron chi connectivity index (χ2n) is 7.11. The van der Waals surface area contributed by atoms with Crippen LogP contribution in [0.3, 0.4) is 0 Å². The lowest BCUT2D eigenvalue weighted by atomic mass is 10.1. The minimum absolute atomic E-state index is 0.163. The molecule has 1 aliphatic rings. The maximum atomic E-state index is 8.56. The van der Waals surface area contributed by atoms with Crippen LogP contribution in [-0.2, 0) is 0 Å². The Hall–Kier alpha value is -1.91. The first-order valence-corrected chi connectivity index (χ1v) is 7.01. The minimum atomic E-state index is -1.83. The summed E-state index contributed by atoms with van der Waals surface area (Å²) in [6.07, 6.45) is -1.83. The van der Waals surface area contributed by atoms with Crippen LogP contribution < -0.4 is 9.80 Å². The van der Waals surface area contributed by atoms with Crippen molar-refractivity contribution in [2.75, 3.05) is 16.5 Å². The molecule has 0 atom stereocenters. The molecule has 2 rings (SSSR count). The number of carboxylic acid groups (broad SMARTS) is 2. The number of para-hydroxylation sites is 2. The maximum Gasteiger partial charge on any atom is 0.503 e. The van der Waals surface area contributed by atoms with Gasteiger partial charge in [-0.2, -0.15) is 0 Å². The van der Waals surface area contributed by atoms with E-state index in [2.05, 4.69) is 75.6 Å². The van der Waals surface area contributed by atoms with E-state index >= 15 is 0 Å². The third-order valence-electron chi connectivity index (χ3n) is 3.37. The van der Waals surface area contributed by atoms with Crippen molar-refractivity contribution in [2.24, 2.45) is 0 Å². The number of nitrogens with zero attached hydrogens (tertiary/aromatic N) is 2. The highest BCUT2D eigenvalue weighted by Crippen LogP contribution is 2.42. The molecule has 1 aromatic carbocycles. The molecular weight excluding hydrogens is 268 g/mol. The number of fused-ring (bicyclic) bond motifs is 1. The topological polar surface area (TPSA) is 64.0 Å². The van der Waals surface area contributed by atoms with Crippen LogP contribution in [0.4, 0.5) is 16.2 Å². The van der Waals surface area contributed by atoms with E-state index < -0.39 is 6.16 Å². The maximum absolute atomic E-state index is 8.56. The standard InChI is InChI=1S/C15H24N2.CH2O3/c1-14(2,3)16-11-17(15(4,5)6)13-10-8-7-9-12(13)16;2-1(3)4/h7-10H,11H2,1-6H3;(H2,2,3,4). The highest BCUT2D eigenvalue weighted by molar-refractivity contribution is 5.77. The molecule has 5 heteroatoms. The second-order valence-corrected chi connectivity index (χ2v) is 7.11. The summed E-state index contributed by atoms with van der Waals surface area (Å²) in [6, 6.07) is 8.71. The average molecular weight is 294 g/mol. The number of rotatable bonds is 0. The molecule has 0 saturated carbocycles. The van der Waals surface area contributed by atoms with Crippen molar-refractivity contribution in [1.82, 2.24) is 0 Å². The molecule has 0 aromatic heterocycles. The quantitative estimate of drug-likeness (QED) is 0.754. The summed E-state index contributed by atoms with van der Waals surface area (Å²) < 4.78 is 0. The van der Waals surface area contributed by atoms with Crippen LogP contribution in [0.1, 0.15) is 41.5 Å². The van der Waals surface area contributed by atoms with Crippen molar-refractivity contribution in [3.63, 3.8) is 0 Å². The van der Waals surface area contributed by atoms with Crippen LogP contribution in [-0.4, -0.2) is 34.1 Å². The Kier molecular flexibility index (Phi) is 4.76. The SMILES string of the molecule is CC(C)(C)N1CN(C(C)(C)C)c2ccccc21.O=C(O)O. The van der Waals surface area contributed by atoms with E-state index in [1.54, 1.807) is 0 Å². The van der Waals surface area contributed by atoms with Gasteiger partial charge < -0.3 is 20.0 Å². The van der Waals surface area contributed by atoms with E-state index in [-0.39, 0.29) is 11.1 Å². The summed E-state index contributed by atoms with van der Waals surface area (Å²) in [4.78, 5) is 13.5. The number of anilines is 2. The van der Waals surface area contributed by atoms with Gasteiger partial charge in [0.1, 0.15) is 0 Å². The molecular formula is C16H26N2O3. The third kappa shape index (κ3) is 4.28. The molecule has 5 nitrogen and oxygen atoms in total. The Bertz CT molecular complexity index is 458. The van der Waals surface area contributed by atoms with Crippen molar-refractivity contribution in [2.45, 2.75) is 52.6 Å². The molecule has 1 aliphatic heterocycles. The van der Waals surface area contributed by atoms with E-state index in [4.69, 9.17) is 15.0 Å². The smallest absolute Gasteiger partial charge is 0.450 e. The van der Waals surface area contributed by atoms with Crippen LogP contribution in [0, 0.1) is 0 Å². The summed E-state index contributed by atoms with van der Waals surface area (Å²) in [6.45, 7) is 14.6. The Morgan fingerprint density at radius 3 is 1.43 bits per heavy atom. The summed E-state index contributed by atoms with van der Waals surface area (Å²) in [5.41, 5.74) is 3.04. The highest BCUT2D eigenvalue weighted by atomic mass is 16.6. The highest BCUT2D eigenvalue weighted by Gasteiger charge is 2.36. The van der Waals surface area contributed by atoms with Crippen molar-refractivity contribution in [1.29, 1.82) is 0 Å². The van der Waals surface area contributed by atoms with E-state index in [1.807, 2.05) is 0 Å². The monoisotopic (exact) mass is 294 g/mol. The predicted molar refractivity (Wildman–Crippen MR) is 86.4 cm³/mol. The first-order valence-electron chi connectivity index (χ1n) is 7.01. The van der Waals surface area contributed by atoms with E-state index in [9.17, 15) is 0 Å². The van der Waals surface area contributed by atoms with Crippen molar-refractivity contribution >= 4 is 17.5 Å². The van der Waals surface area contributed by atoms with Gasteiger partial charge in [0.25, 0.3) is 0 Å². The zero-order valence-corrected chi connectivity index (χ0v) is 13.7. The van der Waals surface area contributed by atoms with Gasteiger partial charge >= 0.3 is 6.16 Å². The Labute approximate surface area is 126 Å². The molecule has 0 saturated heterocycles. The summed E-state index contributed by atoms with van der Waals surface area (Å²) in [7, 11) is 0. The zero-order valence-electron chi connectivity index (χ0n) is 13.7. The van der Waals surface area contributed by atoms with Gasteiger partial charge in [-0.05, 0) is 53.7 Å². The van der Waals surface area contributed by atoms with Gasteiger partial charge in [0.15, 0.2) is 0 Å². The van der Waals surface area contributed by atoms with Gasteiger partial charge in [0.2, 0.25) is 0 Å². The van der Waals surface area contributed by atoms with Gasteiger partial charge in [-0.3, -0.25) is 0 Å². The molecule has 0 amide bonds. The van der Waals surface area contributed by atoms with Crippen LogP contribution in [0.15, 0.2) is 24.3 Å². The van der Waals surface area contributed by atoms with Crippen LogP contribution >= 0.6 is 0 Å². The van der Waals surface area contributed by atoms with Crippen molar-refractivity contribution in [3.05, 3.63) is 24.3 Å². The first kappa shape index (κ1) is 17.1. The fraction of sp³-hybridized carbons (Fsp3) is 0.562. The number of benzene rings is 1. The second kappa shape index (κ2) is 5.84. The van der Waals surface area contributed by atoms with Crippen molar-refractivity contribution < 1.29 is 15.0 Å². The summed E-state index contributed by atoms with van der Waals surface area (Å²) in [5.74, 6) is 0. The van der Waals surface area contributed by atoms with E-state index in [0.29, 0.717) is 0 Å². The summed E-state index contributed by atoms with van der Waals surface area (Å²) in [5, 5.41) is 13.9. The largest absolute Gasteiger partial charge is 0.503 e. The molecule has 0 aliphatic carbocycles. The summed E-state index contributed by atoms with van der Waals surface area (Å²) >= 11 is 0. The Balaban J connectivity index is 0.000000491. The van der Waals surface area contributed by atoms with Crippen LogP contribution in [0.25, 0.3) is 0 Å². The van der Waals surface area contributed by atoms with Gasteiger partial charge in [-0.25, -0.2) is 4.79 Å². The number of hydrogen-bond donors (Lipinski definition) is 2. The van der Waals surface area contributed by atoms with Gasteiger partial charge in [0.05, 0.1) is 18.0 Å². The lowest BCUT2D eigenvalue weighted by molar-refractivity contribution is 0.137. The molecule has 0 unspecified atom stereocenters. The molecule has 2 N–H and O–H groups in total. The lowest BCUT2D eigenvalue weighted by Gasteiger charge is -2.38. The Morgan fingerprint density at radius 1 is 0.905 bits per heavy atom. The molecule has 0 fully saturated rings. The molecule has 1 aromatic rings. The first-order chi connectivity index (χ1) is 9.44. The van der Waals surface area contributed by atoms with Gasteiger partial charge in [0, 0.05) is 11.1 Å². The van der Waals surface area contributed by atoms with Gasteiger partial charge in [-0.15, -0.1) is 0 Å². The van der Waals surface area contributed by atoms with Crippen molar-refractivity contribution in [3.8, 4) is 0 Å².